The molecule has 1 aromatic heterocycles. The smallest absolute Gasteiger partial charge is 0.416 e. The van der Waals surface area contributed by atoms with Gasteiger partial charge in [-0.1, -0.05) is 30.3 Å². The predicted octanol–water partition coefficient (Wildman–Crippen LogP) is 4.67. The SMILES string of the molecule is CS(=O)(=O)NCc1nn(-c2ccc(C(F)(F)F)cc2)c2ccc(OCc3ccccc3)cc12. The first-order valence-corrected chi connectivity index (χ1v) is 11.8. The molecule has 0 saturated heterocycles. The van der Waals surface area contributed by atoms with Crippen LogP contribution in [0.15, 0.2) is 72.8 Å². The zero-order valence-electron chi connectivity index (χ0n) is 17.5. The average Bonchev–Trinajstić information content (AvgIpc) is 3.14. The minimum atomic E-state index is -4.44. The summed E-state index contributed by atoms with van der Waals surface area (Å²) in [5.74, 6) is 0.555. The Morgan fingerprint density at radius 2 is 1.70 bits per heavy atom. The Hall–Kier alpha value is -3.37. The highest BCUT2D eigenvalue weighted by atomic mass is 32.2. The van der Waals surface area contributed by atoms with Gasteiger partial charge in [0.25, 0.3) is 0 Å². The number of rotatable bonds is 7. The highest BCUT2D eigenvalue weighted by Gasteiger charge is 2.30. The van der Waals surface area contributed by atoms with Crippen molar-refractivity contribution in [2.75, 3.05) is 6.26 Å². The Morgan fingerprint density at radius 1 is 1.00 bits per heavy atom. The van der Waals surface area contributed by atoms with E-state index in [0.717, 1.165) is 24.0 Å². The Labute approximate surface area is 188 Å². The molecular weight excluding hydrogens is 455 g/mol. The summed E-state index contributed by atoms with van der Waals surface area (Å²) in [5.41, 5.74) is 1.65. The van der Waals surface area contributed by atoms with Gasteiger partial charge in [-0.05, 0) is 48.0 Å². The number of nitrogens with zero attached hydrogens (tertiary/aromatic N) is 2. The van der Waals surface area contributed by atoms with E-state index in [1.807, 2.05) is 30.3 Å². The van der Waals surface area contributed by atoms with E-state index in [2.05, 4.69) is 9.82 Å². The second kappa shape index (κ2) is 8.87. The summed E-state index contributed by atoms with van der Waals surface area (Å²) in [5, 5.41) is 5.09. The fourth-order valence-corrected chi connectivity index (χ4v) is 3.71. The zero-order chi connectivity index (χ0) is 23.6. The van der Waals surface area contributed by atoms with Crippen LogP contribution in [-0.4, -0.2) is 24.5 Å². The molecule has 4 aromatic rings. The van der Waals surface area contributed by atoms with Gasteiger partial charge in [-0.25, -0.2) is 17.8 Å². The summed E-state index contributed by atoms with van der Waals surface area (Å²) < 4.78 is 71.7. The third-order valence-electron chi connectivity index (χ3n) is 4.92. The molecule has 0 aliphatic heterocycles. The number of hydrogen-bond donors (Lipinski definition) is 1. The second-order valence-corrected chi connectivity index (χ2v) is 9.28. The molecule has 0 saturated carbocycles. The highest BCUT2D eigenvalue weighted by Crippen LogP contribution is 2.31. The number of nitrogens with one attached hydrogen (secondary N) is 1. The molecule has 0 radical (unpaired) electrons. The second-order valence-electron chi connectivity index (χ2n) is 7.45. The van der Waals surface area contributed by atoms with E-state index >= 15 is 0 Å². The molecule has 10 heteroatoms. The molecule has 4 rings (SSSR count). The molecule has 0 spiro atoms. The topological polar surface area (TPSA) is 73.2 Å². The largest absolute Gasteiger partial charge is 0.489 e. The summed E-state index contributed by atoms with van der Waals surface area (Å²) in [6.07, 6.45) is -3.41. The van der Waals surface area contributed by atoms with Gasteiger partial charge in [-0.3, -0.25) is 0 Å². The van der Waals surface area contributed by atoms with Gasteiger partial charge in [0, 0.05) is 5.39 Å². The highest BCUT2D eigenvalue weighted by molar-refractivity contribution is 7.88. The van der Waals surface area contributed by atoms with Crippen molar-refractivity contribution in [3.63, 3.8) is 0 Å². The summed E-state index contributed by atoms with van der Waals surface area (Å²) in [7, 11) is -3.48. The summed E-state index contributed by atoms with van der Waals surface area (Å²) >= 11 is 0. The molecule has 1 heterocycles. The van der Waals surface area contributed by atoms with E-state index in [1.165, 1.54) is 16.8 Å². The standard InChI is InChI=1S/C23H20F3N3O3S/c1-33(30,31)27-14-21-20-13-19(32-15-16-5-3-2-4-6-16)11-12-22(20)29(28-21)18-9-7-17(8-10-18)23(24,25)26/h2-13,27H,14-15H2,1H3. The summed E-state index contributed by atoms with van der Waals surface area (Å²) in [6.45, 7) is 0.265. The first-order valence-electron chi connectivity index (χ1n) is 9.91. The van der Waals surface area contributed by atoms with Crippen molar-refractivity contribution in [2.24, 2.45) is 0 Å². The van der Waals surface area contributed by atoms with Gasteiger partial charge in [0.15, 0.2) is 0 Å². The number of hydrogen-bond acceptors (Lipinski definition) is 4. The lowest BCUT2D eigenvalue weighted by molar-refractivity contribution is -0.137. The van der Waals surface area contributed by atoms with E-state index < -0.39 is 21.8 Å². The molecule has 6 nitrogen and oxygen atoms in total. The van der Waals surface area contributed by atoms with Crippen LogP contribution in [-0.2, 0) is 29.4 Å². The molecule has 1 N–H and O–H groups in total. The van der Waals surface area contributed by atoms with E-state index in [1.54, 1.807) is 18.2 Å². The van der Waals surface area contributed by atoms with Gasteiger partial charge in [0.1, 0.15) is 12.4 Å². The lowest BCUT2D eigenvalue weighted by Crippen LogP contribution is -2.21. The van der Waals surface area contributed by atoms with Crippen LogP contribution in [0.2, 0.25) is 0 Å². The fraction of sp³-hybridized carbons (Fsp3) is 0.174. The van der Waals surface area contributed by atoms with Gasteiger partial charge in [0.2, 0.25) is 10.0 Å². The Kier molecular flexibility index (Phi) is 6.13. The van der Waals surface area contributed by atoms with Crippen LogP contribution in [0, 0.1) is 0 Å². The third kappa shape index (κ3) is 5.52. The van der Waals surface area contributed by atoms with Crippen LogP contribution in [0.1, 0.15) is 16.8 Å². The van der Waals surface area contributed by atoms with Gasteiger partial charge < -0.3 is 4.74 Å². The van der Waals surface area contributed by atoms with Crippen molar-refractivity contribution in [3.8, 4) is 11.4 Å². The van der Waals surface area contributed by atoms with Crippen molar-refractivity contribution in [2.45, 2.75) is 19.3 Å². The van der Waals surface area contributed by atoms with Crippen molar-refractivity contribution in [1.82, 2.24) is 14.5 Å². The number of ether oxygens (including phenoxy) is 1. The van der Waals surface area contributed by atoms with Gasteiger partial charge in [-0.15, -0.1) is 0 Å². The monoisotopic (exact) mass is 475 g/mol. The Morgan fingerprint density at radius 3 is 2.33 bits per heavy atom. The van der Waals surface area contributed by atoms with Crippen molar-refractivity contribution in [3.05, 3.63) is 89.6 Å². The fourth-order valence-electron chi connectivity index (χ4n) is 3.31. The molecular formula is C23H20F3N3O3S. The zero-order valence-corrected chi connectivity index (χ0v) is 18.3. The normalized spacial score (nSPS) is 12.2. The van der Waals surface area contributed by atoms with E-state index in [-0.39, 0.29) is 6.54 Å². The van der Waals surface area contributed by atoms with Crippen LogP contribution in [0.25, 0.3) is 16.6 Å². The van der Waals surface area contributed by atoms with Crippen LogP contribution >= 0.6 is 0 Å². The maximum atomic E-state index is 12.9. The van der Waals surface area contributed by atoms with Gasteiger partial charge in [-0.2, -0.15) is 18.3 Å². The Balaban J connectivity index is 1.71. The van der Waals surface area contributed by atoms with Crippen LogP contribution in [0.5, 0.6) is 5.75 Å². The molecule has 0 fully saturated rings. The number of fused-ring (bicyclic) bond motifs is 1. The number of benzene rings is 3. The van der Waals surface area contributed by atoms with E-state index in [0.29, 0.717) is 34.6 Å². The number of aromatic nitrogens is 2. The number of halogens is 3. The maximum absolute atomic E-state index is 12.9. The first-order chi connectivity index (χ1) is 15.6. The third-order valence-corrected chi connectivity index (χ3v) is 5.59. The Bertz CT molecular complexity index is 1370. The van der Waals surface area contributed by atoms with Crippen molar-refractivity contribution < 1.29 is 26.3 Å². The van der Waals surface area contributed by atoms with E-state index in [9.17, 15) is 21.6 Å². The quantitative estimate of drug-likeness (QED) is 0.422. The first kappa shape index (κ1) is 22.8. The minimum Gasteiger partial charge on any atom is -0.489 e. The molecule has 3 aromatic carbocycles. The molecule has 0 unspecified atom stereocenters. The molecule has 0 aliphatic carbocycles. The van der Waals surface area contributed by atoms with Crippen molar-refractivity contribution in [1.29, 1.82) is 0 Å². The molecule has 0 atom stereocenters. The minimum absolute atomic E-state index is 0.0783. The molecule has 33 heavy (non-hydrogen) atoms. The van der Waals surface area contributed by atoms with Crippen LogP contribution in [0.4, 0.5) is 13.2 Å². The maximum Gasteiger partial charge on any atom is 0.416 e. The summed E-state index contributed by atoms with van der Waals surface area (Å²) in [4.78, 5) is 0. The predicted molar refractivity (Wildman–Crippen MR) is 119 cm³/mol. The lowest BCUT2D eigenvalue weighted by Gasteiger charge is -2.09. The van der Waals surface area contributed by atoms with Gasteiger partial charge >= 0.3 is 6.18 Å². The van der Waals surface area contributed by atoms with Crippen LogP contribution in [0.3, 0.4) is 0 Å². The number of alkyl halides is 3. The molecule has 0 aliphatic rings. The number of sulfonamides is 1. The molecule has 0 amide bonds. The van der Waals surface area contributed by atoms with E-state index in [4.69, 9.17) is 4.74 Å². The van der Waals surface area contributed by atoms with Crippen molar-refractivity contribution >= 4 is 20.9 Å². The molecule has 0 bridgehead atoms. The lowest BCUT2D eigenvalue weighted by atomic mass is 10.1. The average molecular weight is 475 g/mol. The van der Waals surface area contributed by atoms with Crippen LogP contribution < -0.4 is 9.46 Å². The summed E-state index contributed by atoms with van der Waals surface area (Å²) in [6, 6.07) is 19.4. The molecule has 172 valence electrons. The van der Waals surface area contributed by atoms with Gasteiger partial charge in [0.05, 0.1) is 35.3 Å².